The first kappa shape index (κ1) is 17.8. The molecule has 1 aromatic carbocycles. The second-order valence-corrected chi connectivity index (χ2v) is 6.52. The molecular formula is C20H27N3O2. The number of nitrogens with one attached hydrogen (secondary N) is 1. The van der Waals surface area contributed by atoms with Crippen LogP contribution in [0.5, 0.6) is 5.75 Å². The van der Waals surface area contributed by atoms with E-state index in [4.69, 9.17) is 9.47 Å². The summed E-state index contributed by atoms with van der Waals surface area (Å²) in [6, 6.07) is 8.29. The zero-order valence-corrected chi connectivity index (χ0v) is 15.3. The number of benzene rings is 1. The topological polar surface area (TPSA) is 56.3 Å². The number of methoxy groups -OCH3 is 1. The van der Waals surface area contributed by atoms with Gasteiger partial charge in [0.25, 0.3) is 0 Å². The minimum Gasteiger partial charge on any atom is -0.496 e. The van der Waals surface area contributed by atoms with Crippen LogP contribution in [0.15, 0.2) is 24.3 Å². The molecule has 1 fully saturated rings. The van der Waals surface area contributed by atoms with Crippen molar-refractivity contribution in [2.45, 2.75) is 45.8 Å². The van der Waals surface area contributed by atoms with Gasteiger partial charge < -0.3 is 14.8 Å². The third kappa shape index (κ3) is 4.77. The van der Waals surface area contributed by atoms with Crippen molar-refractivity contribution in [1.29, 1.82) is 0 Å². The Kier molecular flexibility index (Phi) is 6.00. The molecule has 2 aromatic rings. The van der Waals surface area contributed by atoms with Crippen molar-refractivity contribution in [3.05, 3.63) is 52.6 Å². The number of rotatable bonds is 7. The van der Waals surface area contributed by atoms with Gasteiger partial charge in [-0.3, -0.25) is 0 Å². The Morgan fingerprint density at radius 3 is 2.84 bits per heavy atom. The van der Waals surface area contributed by atoms with Crippen molar-refractivity contribution >= 4 is 0 Å². The van der Waals surface area contributed by atoms with E-state index >= 15 is 0 Å². The molecule has 134 valence electrons. The van der Waals surface area contributed by atoms with Crippen molar-refractivity contribution in [3.63, 3.8) is 0 Å². The van der Waals surface area contributed by atoms with E-state index in [0.717, 1.165) is 60.9 Å². The number of hydrogen-bond acceptors (Lipinski definition) is 5. The zero-order chi connectivity index (χ0) is 17.6. The maximum Gasteiger partial charge on any atom is 0.133 e. The molecule has 5 nitrogen and oxygen atoms in total. The van der Waals surface area contributed by atoms with Crippen LogP contribution in [-0.2, 0) is 24.2 Å². The van der Waals surface area contributed by atoms with E-state index in [9.17, 15) is 0 Å². The first-order valence-corrected chi connectivity index (χ1v) is 8.99. The van der Waals surface area contributed by atoms with E-state index in [2.05, 4.69) is 34.3 Å². The molecule has 0 saturated carbocycles. The molecule has 1 aliphatic rings. The summed E-state index contributed by atoms with van der Waals surface area (Å²) in [5, 5.41) is 3.32. The first-order chi connectivity index (χ1) is 12.2. The van der Waals surface area contributed by atoms with Gasteiger partial charge in [0, 0.05) is 29.9 Å². The van der Waals surface area contributed by atoms with Crippen LogP contribution in [0.3, 0.4) is 0 Å². The summed E-state index contributed by atoms with van der Waals surface area (Å²) in [6.45, 7) is 6.67. The molecule has 1 aliphatic heterocycles. The number of aromatic nitrogens is 2. The summed E-state index contributed by atoms with van der Waals surface area (Å²) < 4.78 is 11.5. The average Bonchev–Trinajstić information content (AvgIpc) is 3.13. The maximum absolute atomic E-state index is 6.02. The van der Waals surface area contributed by atoms with E-state index in [1.807, 2.05) is 19.1 Å². The highest BCUT2D eigenvalue weighted by molar-refractivity contribution is 5.38. The van der Waals surface area contributed by atoms with Crippen LogP contribution in [0.1, 0.15) is 41.7 Å². The fraction of sp³-hybridized carbons (Fsp3) is 0.500. The lowest BCUT2D eigenvalue weighted by molar-refractivity contribution is 0.0530. The highest BCUT2D eigenvalue weighted by atomic mass is 16.5. The Balaban J connectivity index is 1.75. The Hall–Kier alpha value is -1.98. The second kappa shape index (κ2) is 8.41. The Morgan fingerprint density at radius 2 is 2.12 bits per heavy atom. The van der Waals surface area contributed by atoms with E-state index in [1.165, 1.54) is 5.56 Å². The monoisotopic (exact) mass is 341 g/mol. The van der Waals surface area contributed by atoms with Crippen molar-refractivity contribution in [3.8, 4) is 5.75 Å². The minimum absolute atomic E-state index is 0.292. The van der Waals surface area contributed by atoms with Crippen LogP contribution >= 0.6 is 0 Å². The molecular weight excluding hydrogens is 314 g/mol. The molecule has 1 N–H and O–H groups in total. The summed E-state index contributed by atoms with van der Waals surface area (Å²) in [5.41, 5.74) is 4.37. The van der Waals surface area contributed by atoms with E-state index in [1.54, 1.807) is 7.11 Å². The third-order valence-electron chi connectivity index (χ3n) is 4.51. The molecule has 5 heteroatoms. The normalized spacial score (nSPS) is 17.0. The van der Waals surface area contributed by atoms with Gasteiger partial charge in [-0.2, -0.15) is 0 Å². The van der Waals surface area contributed by atoms with E-state index in [0.29, 0.717) is 12.7 Å². The zero-order valence-electron chi connectivity index (χ0n) is 15.3. The molecule has 0 bridgehead atoms. The van der Waals surface area contributed by atoms with Gasteiger partial charge in [-0.25, -0.2) is 9.97 Å². The van der Waals surface area contributed by atoms with Crippen LogP contribution in [0, 0.1) is 6.92 Å². The number of nitrogens with zero attached hydrogens (tertiary/aromatic N) is 2. The lowest BCUT2D eigenvalue weighted by Crippen LogP contribution is -2.16. The van der Waals surface area contributed by atoms with Gasteiger partial charge in [-0.15, -0.1) is 0 Å². The summed E-state index contributed by atoms with van der Waals surface area (Å²) in [4.78, 5) is 9.22. The van der Waals surface area contributed by atoms with Gasteiger partial charge in [0.05, 0.1) is 19.8 Å². The standard InChI is InChI=1S/C20H27N3O2/c1-4-17-9-14(2)22-20(23-17)11-15-5-6-19(24-3)16(10-15)13-25-18-7-8-21-12-18/h5-6,9-10,18,21H,4,7-8,11-13H2,1-3H3. The Bertz CT molecular complexity index is 712. The predicted octanol–water partition coefficient (Wildman–Crippen LogP) is 2.83. The highest BCUT2D eigenvalue weighted by Crippen LogP contribution is 2.23. The Labute approximate surface area is 149 Å². The lowest BCUT2D eigenvalue weighted by Gasteiger charge is -2.14. The summed E-state index contributed by atoms with van der Waals surface area (Å²) in [5.74, 6) is 1.74. The van der Waals surface area contributed by atoms with Crippen LogP contribution in [0.4, 0.5) is 0 Å². The molecule has 0 amide bonds. The molecule has 1 saturated heterocycles. The van der Waals surface area contributed by atoms with E-state index in [-0.39, 0.29) is 0 Å². The van der Waals surface area contributed by atoms with Gasteiger partial charge >= 0.3 is 0 Å². The smallest absolute Gasteiger partial charge is 0.133 e. The summed E-state index contributed by atoms with van der Waals surface area (Å²) in [6.07, 6.45) is 3.00. The molecule has 0 radical (unpaired) electrons. The molecule has 0 aliphatic carbocycles. The SMILES string of the molecule is CCc1cc(C)nc(Cc2ccc(OC)c(COC3CCNC3)c2)n1. The lowest BCUT2D eigenvalue weighted by atomic mass is 10.1. The molecule has 1 unspecified atom stereocenters. The number of hydrogen-bond donors (Lipinski definition) is 1. The van der Waals surface area contributed by atoms with E-state index < -0.39 is 0 Å². The largest absolute Gasteiger partial charge is 0.496 e. The molecule has 0 spiro atoms. The highest BCUT2D eigenvalue weighted by Gasteiger charge is 2.16. The maximum atomic E-state index is 6.02. The van der Waals surface area contributed by atoms with Crippen LogP contribution < -0.4 is 10.1 Å². The fourth-order valence-electron chi connectivity index (χ4n) is 3.18. The second-order valence-electron chi connectivity index (χ2n) is 6.52. The minimum atomic E-state index is 0.292. The number of aryl methyl sites for hydroxylation is 2. The Morgan fingerprint density at radius 1 is 1.24 bits per heavy atom. The van der Waals surface area contributed by atoms with Crippen LogP contribution in [0.25, 0.3) is 0 Å². The molecule has 3 rings (SSSR count). The van der Waals surface area contributed by atoms with Gasteiger partial charge in [-0.1, -0.05) is 13.0 Å². The van der Waals surface area contributed by atoms with Crippen molar-refractivity contribution in [1.82, 2.24) is 15.3 Å². The quantitative estimate of drug-likeness (QED) is 0.839. The fourth-order valence-corrected chi connectivity index (χ4v) is 3.18. The third-order valence-corrected chi connectivity index (χ3v) is 4.51. The predicted molar refractivity (Wildman–Crippen MR) is 98.0 cm³/mol. The van der Waals surface area contributed by atoms with Gasteiger partial charge in [0.2, 0.25) is 0 Å². The van der Waals surface area contributed by atoms with Crippen molar-refractivity contribution in [2.75, 3.05) is 20.2 Å². The average molecular weight is 341 g/mol. The molecule has 1 atom stereocenters. The van der Waals surface area contributed by atoms with Crippen LogP contribution in [0.2, 0.25) is 0 Å². The van der Waals surface area contributed by atoms with Gasteiger partial charge in [0.15, 0.2) is 0 Å². The molecule has 25 heavy (non-hydrogen) atoms. The van der Waals surface area contributed by atoms with Crippen molar-refractivity contribution < 1.29 is 9.47 Å². The summed E-state index contributed by atoms with van der Waals surface area (Å²) >= 11 is 0. The van der Waals surface area contributed by atoms with Crippen LogP contribution in [-0.4, -0.2) is 36.3 Å². The first-order valence-electron chi connectivity index (χ1n) is 8.99. The molecule has 2 heterocycles. The molecule has 1 aromatic heterocycles. The van der Waals surface area contributed by atoms with Gasteiger partial charge in [-0.05, 0) is 50.1 Å². The summed E-state index contributed by atoms with van der Waals surface area (Å²) in [7, 11) is 1.70. The van der Waals surface area contributed by atoms with Gasteiger partial charge in [0.1, 0.15) is 11.6 Å². The van der Waals surface area contributed by atoms with Crippen molar-refractivity contribution in [2.24, 2.45) is 0 Å². The number of ether oxygens (including phenoxy) is 2.